The van der Waals surface area contributed by atoms with E-state index in [1.165, 1.54) is 0 Å². The Morgan fingerprint density at radius 1 is 1.13 bits per heavy atom. The van der Waals surface area contributed by atoms with Crippen LogP contribution in [0.1, 0.15) is 36.5 Å². The summed E-state index contributed by atoms with van der Waals surface area (Å²) < 4.78 is 5.64. The van der Waals surface area contributed by atoms with Gasteiger partial charge in [-0.15, -0.1) is 0 Å². The van der Waals surface area contributed by atoms with Gasteiger partial charge in [-0.05, 0) is 50.2 Å². The molecule has 2 N–H and O–H groups in total. The molecule has 128 valence electrons. The van der Waals surface area contributed by atoms with Crippen molar-refractivity contribution in [1.82, 2.24) is 9.80 Å². The third-order valence-corrected chi connectivity index (χ3v) is 4.21. The van der Waals surface area contributed by atoms with Crippen LogP contribution in [0.3, 0.4) is 0 Å². The lowest BCUT2D eigenvalue weighted by Crippen LogP contribution is -2.49. The highest BCUT2D eigenvalue weighted by molar-refractivity contribution is 5.94. The van der Waals surface area contributed by atoms with E-state index in [9.17, 15) is 4.79 Å². The fraction of sp³-hybridized carbons (Fsp3) is 0.611. The fourth-order valence-electron chi connectivity index (χ4n) is 2.70. The number of carbonyl (C=O) groups excluding carboxylic acids is 1. The van der Waals surface area contributed by atoms with Gasteiger partial charge in [0.1, 0.15) is 5.75 Å². The molecule has 1 heterocycles. The number of ether oxygens (including phenoxy) is 1. The van der Waals surface area contributed by atoms with E-state index < -0.39 is 0 Å². The number of hydrogen-bond acceptors (Lipinski definition) is 4. The molecule has 23 heavy (non-hydrogen) atoms. The molecule has 0 saturated carbocycles. The highest BCUT2D eigenvalue weighted by Gasteiger charge is 2.21. The van der Waals surface area contributed by atoms with E-state index in [2.05, 4.69) is 11.8 Å². The number of unbranched alkanes of at least 4 members (excludes halogenated alkanes) is 1. The normalized spacial score (nSPS) is 15.7. The summed E-state index contributed by atoms with van der Waals surface area (Å²) in [6.45, 7) is 8.08. The zero-order valence-electron chi connectivity index (χ0n) is 14.2. The van der Waals surface area contributed by atoms with Crippen LogP contribution in [0.25, 0.3) is 0 Å². The molecule has 0 unspecified atom stereocenters. The third-order valence-electron chi connectivity index (χ3n) is 4.21. The lowest BCUT2D eigenvalue weighted by molar-refractivity contribution is 0.0636. The van der Waals surface area contributed by atoms with Gasteiger partial charge in [0.05, 0.1) is 6.61 Å². The van der Waals surface area contributed by atoms with Crippen LogP contribution >= 0.6 is 0 Å². The van der Waals surface area contributed by atoms with Crippen molar-refractivity contribution < 1.29 is 9.53 Å². The zero-order valence-corrected chi connectivity index (χ0v) is 14.2. The van der Waals surface area contributed by atoms with Crippen molar-refractivity contribution in [2.45, 2.75) is 26.2 Å². The van der Waals surface area contributed by atoms with E-state index in [0.29, 0.717) is 0 Å². The molecule has 1 aliphatic heterocycles. The van der Waals surface area contributed by atoms with Gasteiger partial charge in [0.25, 0.3) is 5.91 Å². The summed E-state index contributed by atoms with van der Waals surface area (Å²) >= 11 is 0. The molecule has 1 aromatic carbocycles. The molecular weight excluding hydrogens is 290 g/mol. The number of nitrogens with zero attached hydrogens (tertiary/aromatic N) is 2. The summed E-state index contributed by atoms with van der Waals surface area (Å²) in [7, 11) is 0. The van der Waals surface area contributed by atoms with Gasteiger partial charge < -0.3 is 15.4 Å². The number of amides is 1. The average molecular weight is 319 g/mol. The van der Waals surface area contributed by atoms with E-state index >= 15 is 0 Å². The standard InChI is InChI=1S/C18H29N3O2/c1-2-3-15-23-17-7-5-16(6-8-17)18(22)21-13-11-20(12-14-21)10-4-9-19/h5-8H,2-4,9-15,19H2,1H3. The minimum Gasteiger partial charge on any atom is -0.494 e. The Balaban J connectivity index is 1.81. The van der Waals surface area contributed by atoms with Gasteiger partial charge in [0.15, 0.2) is 0 Å². The van der Waals surface area contributed by atoms with Crippen molar-refractivity contribution in [2.75, 3.05) is 45.9 Å². The molecule has 0 aromatic heterocycles. The predicted molar refractivity (Wildman–Crippen MR) is 92.9 cm³/mol. The van der Waals surface area contributed by atoms with E-state index in [4.69, 9.17) is 10.5 Å². The fourth-order valence-corrected chi connectivity index (χ4v) is 2.70. The van der Waals surface area contributed by atoms with Crippen LogP contribution in [0.4, 0.5) is 0 Å². The van der Waals surface area contributed by atoms with Crippen molar-refractivity contribution in [3.8, 4) is 5.75 Å². The minimum absolute atomic E-state index is 0.114. The summed E-state index contributed by atoms with van der Waals surface area (Å²) in [5.41, 5.74) is 6.29. The van der Waals surface area contributed by atoms with Gasteiger partial charge in [-0.3, -0.25) is 9.69 Å². The summed E-state index contributed by atoms with van der Waals surface area (Å²) in [6.07, 6.45) is 3.19. The predicted octanol–water partition coefficient (Wildman–Crippen LogP) is 1.97. The van der Waals surface area contributed by atoms with Crippen LogP contribution in [0.5, 0.6) is 5.75 Å². The molecule has 0 radical (unpaired) electrons. The first-order chi connectivity index (χ1) is 11.2. The first-order valence-electron chi connectivity index (χ1n) is 8.69. The molecule has 5 heteroatoms. The average Bonchev–Trinajstić information content (AvgIpc) is 2.61. The molecule has 1 saturated heterocycles. The van der Waals surface area contributed by atoms with Crippen LogP contribution < -0.4 is 10.5 Å². The van der Waals surface area contributed by atoms with E-state index in [1.54, 1.807) is 0 Å². The van der Waals surface area contributed by atoms with Gasteiger partial charge in [0, 0.05) is 31.7 Å². The van der Waals surface area contributed by atoms with Crippen LogP contribution in [-0.2, 0) is 0 Å². The monoisotopic (exact) mass is 319 g/mol. The molecule has 1 amide bonds. The van der Waals surface area contributed by atoms with Crippen molar-refractivity contribution in [2.24, 2.45) is 5.73 Å². The molecule has 0 bridgehead atoms. The third kappa shape index (κ3) is 5.52. The Bertz CT molecular complexity index is 468. The van der Waals surface area contributed by atoms with Gasteiger partial charge in [0.2, 0.25) is 0 Å². The maximum atomic E-state index is 12.5. The van der Waals surface area contributed by atoms with Gasteiger partial charge >= 0.3 is 0 Å². The van der Waals surface area contributed by atoms with Crippen molar-refractivity contribution in [3.63, 3.8) is 0 Å². The maximum Gasteiger partial charge on any atom is 0.253 e. The van der Waals surface area contributed by atoms with Crippen LogP contribution in [0.2, 0.25) is 0 Å². The highest BCUT2D eigenvalue weighted by atomic mass is 16.5. The molecular formula is C18H29N3O2. The van der Waals surface area contributed by atoms with Gasteiger partial charge in [-0.25, -0.2) is 0 Å². The van der Waals surface area contributed by atoms with E-state index in [0.717, 1.165) is 76.5 Å². The Labute approximate surface area is 139 Å². The molecule has 0 spiro atoms. The first-order valence-corrected chi connectivity index (χ1v) is 8.69. The van der Waals surface area contributed by atoms with Crippen molar-refractivity contribution in [1.29, 1.82) is 0 Å². The smallest absolute Gasteiger partial charge is 0.253 e. The quantitative estimate of drug-likeness (QED) is 0.744. The lowest BCUT2D eigenvalue weighted by Gasteiger charge is -2.34. The van der Waals surface area contributed by atoms with E-state index in [1.807, 2.05) is 29.2 Å². The summed E-state index contributed by atoms with van der Waals surface area (Å²) in [6, 6.07) is 7.51. The number of hydrogen-bond donors (Lipinski definition) is 1. The first kappa shape index (κ1) is 17.8. The number of piperazine rings is 1. The second-order valence-electron chi connectivity index (χ2n) is 6.00. The molecule has 1 aromatic rings. The number of carbonyl (C=O) groups is 1. The number of benzene rings is 1. The van der Waals surface area contributed by atoms with E-state index in [-0.39, 0.29) is 5.91 Å². The SMILES string of the molecule is CCCCOc1ccc(C(=O)N2CCN(CCCN)CC2)cc1. The molecule has 5 nitrogen and oxygen atoms in total. The maximum absolute atomic E-state index is 12.5. The highest BCUT2D eigenvalue weighted by Crippen LogP contribution is 2.15. The van der Waals surface area contributed by atoms with Gasteiger partial charge in [-0.2, -0.15) is 0 Å². The molecule has 1 aliphatic rings. The zero-order chi connectivity index (χ0) is 16.5. The molecule has 0 atom stereocenters. The minimum atomic E-state index is 0.114. The summed E-state index contributed by atoms with van der Waals surface area (Å²) in [5, 5.41) is 0. The van der Waals surface area contributed by atoms with Crippen molar-refractivity contribution >= 4 is 5.91 Å². The Hall–Kier alpha value is -1.59. The molecule has 2 rings (SSSR count). The van der Waals surface area contributed by atoms with Crippen LogP contribution in [0, 0.1) is 0 Å². The summed E-state index contributed by atoms with van der Waals surface area (Å²) in [5.74, 6) is 0.949. The summed E-state index contributed by atoms with van der Waals surface area (Å²) in [4.78, 5) is 16.9. The molecule has 1 fully saturated rings. The van der Waals surface area contributed by atoms with Crippen molar-refractivity contribution in [3.05, 3.63) is 29.8 Å². The Morgan fingerprint density at radius 2 is 1.83 bits per heavy atom. The largest absolute Gasteiger partial charge is 0.494 e. The van der Waals surface area contributed by atoms with Gasteiger partial charge in [-0.1, -0.05) is 13.3 Å². The second-order valence-corrected chi connectivity index (χ2v) is 6.00. The Morgan fingerprint density at radius 3 is 2.43 bits per heavy atom. The lowest BCUT2D eigenvalue weighted by atomic mass is 10.1. The second kappa shape index (κ2) is 9.53. The van der Waals surface area contributed by atoms with Crippen LogP contribution in [-0.4, -0.2) is 61.6 Å². The molecule has 0 aliphatic carbocycles. The number of nitrogens with two attached hydrogens (primary N) is 1. The Kier molecular flexibility index (Phi) is 7.36. The number of rotatable bonds is 8. The van der Waals surface area contributed by atoms with Crippen LogP contribution in [0.15, 0.2) is 24.3 Å². The topological polar surface area (TPSA) is 58.8 Å².